The van der Waals surface area contributed by atoms with Crippen molar-refractivity contribution >= 4 is 11.7 Å². The number of pyridine rings is 1. The molecule has 2 aromatic rings. The first-order valence-electron chi connectivity index (χ1n) is 6.32. The Hall–Kier alpha value is -2.34. The fourth-order valence-corrected chi connectivity index (χ4v) is 2.07. The van der Waals surface area contributed by atoms with Gasteiger partial charge in [0.25, 0.3) is 5.91 Å². The number of nitrogen functional groups attached to an aromatic ring is 1. The molecule has 1 amide bonds. The smallest absolute Gasteiger partial charge is 0.270 e. The van der Waals surface area contributed by atoms with Gasteiger partial charge in [-0.15, -0.1) is 0 Å². The third kappa shape index (κ3) is 2.97. The maximum Gasteiger partial charge on any atom is 0.270 e. The van der Waals surface area contributed by atoms with E-state index in [1.54, 1.807) is 18.2 Å². The number of aryl methyl sites for hydroxylation is 2. The molecule has 0 fully saturated rings. The van der Waals surface area contributed by atoms with Gasteiger partial charge in [-0.05, 0) is 39.0 Å². The fourth-order valence-electron chi connectivity index (χ4n) is 2.07. The number of hydrazine groups is 1. The van der Waals surface area contributed by atoms with Gasteiger partial charge in [-0.3, -0.25) is 4.79 Å². The van der Waals surface area contributed by atoms with Crippen LogP contribution >= 0.6 is 0 Å². The van der Waals surface area contributed by atoms with Crippen molar-refractivity contribution < 1.29 is 9.21 Å². The van der Waals surface area contributed by atoms with Crippen LogP contribution in [0.3, 0.4) is 0 Å². The van der Waals surface area contributed by atoms with E-state index in [9.17, 15) is 4.79 Å². The molecule has 4 N–H and O–H groups in total. The first-order chi connectivity index (χ1) is 9.51. The Labute approximate surface area is 117 Å². The number of nitrogens with two attached hydrogens (primary N) is 1. The quantitative estimate of drug-likeness (QED) is 0.586. The summed E-state index contributed by atoms with van der Waals surface area (Å²) in [5.74, 6) is 7.10. The summed E-state index contributed by atoms with van der Waals surface area (Å²) < 4.78 is 5.47. The van der Waals surface area contributed by atoms with E-state index >= 15 is 0 Å². The zero-order valence-electron chi connectivity index (χ0n) is 11.7. The molecule has 0 aromatic carbocycles. The molecule has 1 atom stereocenters. The zero-order chi connectivity index (χ0) is 14.7. The molecular weight excluding hydrogens is 256 g/mol. The highest BCUT2D eigenvalue weighted by atomic mass is 16.3. The average Bonchev–Trinajstić information content (AvgIpc) is 2.77. The molecule has 0 bridgehead atoms. The average molecular weight is 274 g/mol. The minimum Gasteiger partial charge on any atom is -0.466 e. The summed E-state index contributed by atoms with van der Waals surface area (Å²) in [6.45, 7) is 5.66. The monoisotopic (exact) mass is 274 g/mol. The molecule has 2 rings (SSSR count). The third-order valence-corrected chi connectivity index (χ3v) is 3.02. The summed E-state index contributed by atoms with van der Waals surface area (Å²) in [6.07, 6.45) is 0. The van der Waals surface area contributed by atoms with E-state index in [2.05, 4.69) is 15.7 Å². The molecule has 2 aromatic heterocycles. The largest absolute Gasteiger partial charge is 0.466 e. The highest BCUT2D eigenvalue weighted by molar-refractivity contribution is 5.92. The van der Waals surface area contributed by atoms with E-state index in [4.69, 9.17) is 10.3 Å². The number of anilines is 1. The molecule has 0 aliphatic carbocycles. The van der Waals surface area contributed by atoms with E-state index < -0.39 is 0 Å². The number of rotatable bonds is 4. The third-order valence-electron chi connectivity index (χ3n) is 3.02. The molecule has 0 saturated heterocycles. The lowest BCUT2D eigenvalue weighted by Crippen LogP contribution is -2.27. The van der Waals surface area contributed by atoms with Crippen molar-refractivity contribution in [3.05, 3.63) is 47.0 Å². The van der Waals surface area contributed by atoms with Gasteiger partial charge in [0.2, 0.25) is 0 Å². The molecule has 2 heterocycles. The van der Waals surface area contributed by atoms with Gasteiger partial charge in [0.1, 0.15) is 23.0 Å². The standard InChI is InChI=1S/C14H18N4O2/c1-8-7-11(10(3)20-8)9(2)16-14(19)12-5-4-6-13(17-12)18-15/h4-7,9H,15H2,1-3H3,(H,16,19)(H,17,18). The Bertz CT molecular complexity index is 621. The van der Waals surface area contributed by atoms with Gasteiger partial charge < -0.3 is 15.2 Å². The molecule has 106 valence electrons. The summed E-state index contributed by atoms with van der Waals surface area (Å²) in [5.41, 5.74) is 3.69. The number of furan rings is 1. The van der Waals surface area contributed by atoms with E-state index in [-0.39, 0.29) is 11.9 Å². The Morgan fingerprint density at radius 1 is 1.40 bits per heavy atom. The molecule has 0 aliphatic heterocycles. The van der Waals surface area contributed by atoms with Crippen molar-refractivity contribution in [2.45, 2.75) is 26.8 Å². The van der Waals surface area contributed by atoms with Crippen LogP contribution in [-0.4, -0.2) is 10.9 Å². The number of amides is 1. The van der Waals surface area contributed by atoms with Crippen molar-refractivity contribution in [3.8, 4) is 0 Å². The van der Waals surface area contributed by atoms with Crippen LogP contribution in [0.5, 0.6) is 0 Å². The van der Waals surface area contributed by atoms with Crippen molar-refractivity contribution in [2.75, 3.05) is 5.43 Å². The van der Waals surface area contributed by atoms with E-state index in [1.807, 2.05) is 26.8 Å². The Morgan fingerprint density at radius 3 is 2.75 bits per heavy atom. The summed E-state index contributed by atoms with van der Waals surface area (Å²) in [5, 5.41) is 2.89. The van der Waals surface area contributed by atoms with Crippen LogP contribution in [0.15, 0.2) is 28.7 Å². The minimum atomic E-state index is -0.257. The van der Waals surface area contributed by atoms with Gasteiger partial charge in [-0.25, -0.2) is 10.8 Å². The molecule has 0 spiro atoms. The molecule has 0 aliphatic rings. The predicted octanol–water partition coefficient (Wildman–Crippen LogP) is 2.07. The van der Waals surface area contributed by atoms with Crippen LogP contribution in [0, 0.1) is 13.8 Å². The van der Waals surface area contributed by atoms with Crippen LogP contribution in [0.2, 0.25) is 0 Å². The number of carbonyl (C=O) groups excluding carboxylic acids is 1. The maximum absolute atomic E-state index is 12.1. The summed E-state index contributed by atoms with van der Waals surface area (Å²) in [6, 6.07) is 6.80. The van der Waals surface area contributed by atoms with E-state index in [0.717, 1.165) is 17.1 Å². The number of nitrogens with zero attached hydrogens (tertiary/aromatic N) is 1. The second-order valence-corrected chi connectivity index (χ2v) is 4.62. The molecular formula is C14H18N4O2. The van der Waals surface area contributed by atoms with E-state index in [0.29, 0.717) is 11.5 Å². The van der Waals surface area contributed by atoms with Gasteiger partial charge in [0.05, 0.1) is 6.04 Å². The van der Waals surface area contributed by atoms with Gasteiger partial charge in [-0.1, -0.05) is 6.07 Å². The number of hydrogen-bond donors (Lipinski definition) is 3. The molecule has 1 unspecified atom stereocenters. The summed E-state index contributed by atoms with van der Waals surface area (Å²) in [7, 11) is 0. The van der Waals surface area contributed by atoms with Crippen LogP contribution in [0.1, 0.15) is 40.5 Å². The Morgan fingerprint density at radius 2 is 2.15 bits per heavy atom. The van der Waals surface area contributed by atoms with Crippen LogP contribution in [0.25, 0.3) is 0 Å². The molecule has 6 nitrogen and oxygen atoms in total. The maximum atomic E-state index is 12.1. The van der Waals surface area contributed by atoms with Crippen molar-refractivity contribution in [3.63, 3.8) is 0 Å². The Kier molecular flexibility index (Phi) is 4.05. The lowest BCUT2D eigenvalue weighted by atomic mass is 10.1. The van der Waals surface area contributed by atoms with E-state index in [1.165, 1.54) is 0 Å². The molecule has 20 heavy (non-hydrogen) atoms. The summed E-state index contributed by atoms with van der Waals surface area (Å²) in [4.78, 5) is 16.2. The van der Waals surface area contributed by atoms with Gasteiger partial charge >= 0.3 is 0 Å². The van der Waals surface area contributed by atoms with Crippen molar-refractivity contribution in [2.24, 2.45) is 5.84 Å². The Balaban J connectivity index is 2.12. The predicted molar refractivity (Wildman–Crippen MR) is 76.1 cm³/mol. The fraction of sp³-hybridized carbons (Fsp3) is 0.286. The van der Waals surface area contributed by atoms with Crippen molar-refractivity contribution in [1.82, 2.24) is 10.3 Å². The highest BCUT2D eigenvalue weighted by Gasteiger charge is 2.16. The zero-order valence-corrected chi connectivity index (χ0v) is 11.7. The van der Waals surface area contributed by atoms with Crippen LogP contribution in [0.4, 0.5) is 5.82 Å². The lowest BCUT2D eigenvalue weighted by Gasteiger charge is -2.13. The van der Waals surface area contributed by atoms with Gasteiger partial charge in [0.15, 0.2) is 0 Å². The molecule has 0 radical (unpaired) electrons. The second kappa shape index (κ2) is 5.75. The van der Waals surface area contributed by atoms with Crippen molar-refractivity contribution in [1.29, 1.82) is 0 Å². The van der Waals surface area contributed by atoms with Crippen LogP contribution < -0.4 is 16.6 Å². The number of hydrogen-bond acceptors (Lipinski definition) is 5. The second-order valence-electron chi connectivity index (χ2n) is 4.62. The topological polar surface area (TPSA) is 93.2 Å². The molecule has 0 saturated carbocycles. The normalized spacial score (nSPS) is 12.0. The molecule has 6 heteroatoms. The van der Waals surface area contributed by atoms with Gasteiger partial charge in [0, 0.05) is 5.56 Å². The minimum absolute atomic E-state index is 0.156. The van der Waals surface area contributed by atoms with Gasteiger partial charge in [-0.2, -0.15) is 0 Å². The first-order valence-corrected chi connectivity index (χ1v) is 6.32. The first kappa shape index (κ1) is 14.1. The number of carbonyl (C=O) groups is 1. The lowest BCUT2D eigenvalue weighted by molar-refractivity contribution is 0.0935. The highest BCUT2D eigenvalue weighted by Crippen LogP contribution is 2.21. The van der Waals surface area contributed by atoms with Crippen LogP contribution in [-0.2, 0) is 0 Å². The summed E-state index contributed by atoms with van der Waals surface area (Å²) >= 11 is 0. The number of aromatic nitrogens is 1. The SMILES string of the molecule is Cc1cc(C(C)NC(=O)c2cccc(NN)n2)c(C)o1. The number of nitrogens with one attached hydrogen (secondary N) is 2.